The minimum absolute atomic E-state index is 0.00219. The standard InChI is InChI=1S/C11H18N4O4/c1-8(2)15(4-3-5-16)11(19)9-6-14(13-12-9)7-10(17)18/h6,8,16H,3-5,7H2,1-2H3,(H,17,18). The molecule has 8 heteroatoms. The van der Waals surface area contributed by atoms with Crippen LogP contribution in [0.2, 0.25) is 0 Å². The molecule has 19 heavy (non-hydrogen) atoms. The molecule has 0 aliphatic carbocycles. The summed E-state index contributed by atoms with van der Waals surface area (Å²) in [7, 11) is 0. The van der Waals surface area contributed by atoms with Crippen LogP contribution in [0.25, 0.3) is 0 Å². The predicted molar refractivity (Wildman–Crippen MR) is 65.5 cm³/mol. The lowest BCUT2D eigenvalue weighted by atomic mass is 10.2. The van der Waals surface area contributed by atoms with Crippen LogP contribution >= 0.6 is 0 Å². The first-order chi connectivity index (χ1) is 8.95. The maximum absolute atomic E-state index is 12.2. The first-order valence-electron chi connectivity index (χ1n) is 5.99. The number of aliphatic hydroxyl groups excluding tert-OH is 1. The molecule has 2 N–H and O–H groups in total. The summed E-state index contributed by atoms with van der Waals surface area (Å²) in [4.78, 5) is 24.3. The van der Waals surface area contributed by atoms with Crippen molar-refractivity contribution in [2.75, 3.05) is 13.2 Å². The van der Waals surface area contributed by atoms with Gasteiger partial charge in [-0.2, -0.15) is 0 Å². The van der Waals surface area contributed by atoms with Crippen LogP contribution in [0.3, 0.4) is 0 Å². The second kappa shape index (κ2) is 6.83. The molecule has 0 aliphatic rings. The van der Waals surface area contributed by atoms with Gasteiger partial charge in [0, 0.05) is 19.2 Å². The van der Waals surface area contributed by atoms with Gasteiger partial charge in [-0.05, 0) is 20.3 Å². The molecule has 0 aliphatic heterocycles. The summed E-state index contributed by atoms with van der Waals surface area (Å²) in [6.45, 7) is 3.80. The largest absolute Gasteiger partial charge is 0.480 e. The maximum Gasteiger partial charge on any atom is 0.325 e. The lowest BCUT2D eigenvalue weighted by molar-refractivity contribution is -0.137. The fourth-order valence-electron chi connectivity index (χ4n) is 1.59. The molecule has 106 valence electrons. The third kappa shape index (κ3) is 4.32. The molecule has 0 saturated carbocycles. The van der Waals surface area contributed by atoms with Gasteiger partial charge in [-0.25, -0.2) is 4.68 Å². The highest BCUT2D eigenvalue weighted by atomic mass is 16.4. The van der Waals surface area contributed by atoms with Crippen molar-refractivity contribution >= 4 is 11.9 Å². The van der Waals surface area contributed by atoms with Gasteiger partial charge in [0.05, 0.1) is 6.20 Å². The van der Waals surface area contributed by atoms with Crippen LogP contribution in [0, 0.1) is 0 Å². The molecule has 1 heterocycles. The number of nitrogens with zero attached hydrogens (tertiary/aromatic N) is 4. The van der Waals surface area contributed by atoms with Crippen LogP contribution in [0.15, 0.2) is 6.20 Å². The van der Waals surface area contributed by atoms with Gasteiger partial charge in [-0.3, -0.25) is 9.59 Å². The fraction of sp³-hybridized carbons (Fsp3) is 0.636. The molecule has 1 rings (SSSR count). The van der Waals surface area contributed by atoms with Gasteiger partial charge in [0.25, 0.3) is 5.91 Å². The van der Waals surface area contributed by atoms with E-state index in [1.165, 1.54) is 6.20 Å². The van der Waals surface area contributed by atoms with Crippen molar-refractivity contribution in [3.63, 3.8) is 0 Å². The average Bonchev–Trinajstić information content (AvgIpc) is 2.76. The van der Waals surface area contributed by atoms with E-state index in [4.69, 9.17) is 10.2 Å². The number of carboxylic acid groups (broad SMARTS) is 1. The molecule has 1 aromatic heterocycles. The number of rotatable bonds is 7. The van der Waals surface area contributed by atoms with E-state index in [0.29, 0.717) is 13.0 Å². The third-order valence-electron chi connectivity index (χ3n) is 2.50. The zero-order valence-corrected chi connectivity index (χ0v) is 11.0. The first kappa shape index (κ1) is 15.1. The quantitative estimate of drug-likeness (QED) is 0.697. The Morgan fingerprint density at radius 2 is 2.16 bits per heavy atom. The Balaban J connectivity index is 2.78. The van der Waals surface area contributed by atoms with Crippen molar-refractivity contribution in [1.82, 2.24) is 19.9 Å². The van der Waals surface area contributed by atoms with Crippen molar-refractivity contribution < 1.29 is 19.8 Å². The van der Waals surface area contributed by atoms with E-state index < -0.39 is 5.97 Å². The molecule has 1 aromatic rings. The van der Waals surface area contributed by atoms with Crippen LogP contribution < -0.4 is 0 Å². The monoisotopic (exact) mass is 270 g/mol. The second-order valence-electron chi connectivity index (χ2n) is 4.36. The van der Waals surface area contributed by atoms with Gasteiger partial charge in [0.2, 0.25) is 0 Å². The summed E-state index contributed by atoms with van der Waals surface area (Å²) in [5.74, 6) is -1.37. The van der Waals surface area contributed by atoms with Crippen molar-refractivity contribution in [3.05, 3.63) is 11.9 Å². The van der Waals surface area contributed by atoms with Crippen LogP contribution in [0.5, 0.6) is 0 Å². The number of hydrogen-bond donors (Lipinski definition) is 2. The Morgan fingerprint density at radius 3 is 2.68 bits per heavy atom. The lowest BCUT2D eigenvalue weighted by Crippen LogP contribution is -2.38. The zero-order chi connectivity index (χ0) is 14.4. The number of carbonyl (C=O) groups excluding carboxylic acids is 1. The number of hydrogen-bond acceptors (Lipinski definition) is 5. The van der Waals surface area contributed by atoms with Crippen molar-refractivity contribution in [2.45, 2.75) is 32.9 Å². The Kier molecular flexibility index (Phi) is 5.43. The summed E-state index contributed by atoms with van der Waals surface area (Å²) in [6.07, 6.45) is 1.79. The van der Waals surface area contributed by atoms with Crippen molar-refractivity contribution in [1.29, 1.82) is 0 Å². The number of aliphatic hydroxyl groups is 1. The molecule has 0 bridgehead atoms. The predicted octanol–water partition coefficient (Wildman–Crippen LogP) is -0.404. The van der Waals surface area contributed by atoms with E-state index in [2.05, 4.69) is 10.3 Å². The summed E-state index contributed by atoms with van der Waals surface area (Å²) in [5.41, 5.74) is 0.105. The van der Waals surface area contributed by atoms with Gasteiger partial charge < -0.3 is 15.1 Å². The second-order valence-corrected chi connectivity index (χ2v) is 4.36. The Morgan fingerprint density at radius 1 is 1.47 bits per heavy atom. The molecule has 0 aromatic carbocycles. The highest BCUT2D eigenvalue weighted by Crippen LogP contribution is 2.06. The van der Waals surface area contributed by atoms with E-state index in [0.717, 1.165) is 4.68 Å². The molecule has 0 radical (unpaired) electrons. The van der Waals surface area contributed by atoms with Gasteiger partial charge >= 0.3 is 5.97 Å². The molecule has 0 atom stereocenters. The number of aromatic nitrogens is 3. The fourth-order valence-corrected chi connectivity index (χ4v) is 1.59. The van der Waals surface area contributed by atoms with Gasteiger partial charge in [0.15, 0.2) is 5.69 Å². The number of aliphatic carboxylic acids is 1. The SMILES string of the molecule is CC(C)N(CCCO)C(=O)c1cn(CC(=O)O)nn1. The Hall–Kier alpha value is -1.96. The number of carboxylic acids is 1. The molecule has 0 spiro atoms. The van der Waals surface area contributed by atoms with Gasteiger partial charge in [0.1, 0.15) is 6.54 Å². The van der Waals surface area contributed by atoms with Crippen LogP contribution in [-0.4, -0.2) is 61.2 Å². The minimum Gasteiger partial charge on any atom is -0.480 e. The van der Waals surface area contributed by atoms with E-state index in [-0.39, 0.29) is 30.8 Å². The Bertz CT molecular complexity index is 444. The molecule has 0 fully saturated rings. The van der Waals surface area contributed by atoms with Gasteiger partial charge in [-0.15, -0.1) is 5.10 Å². The highest BCUT2D eigenvalue weighted by Gasteiger charge is 2.21. The van der Waals surface area contributed by atoms with Crippen LogP contribution in [0.4, 0.5) is 0 Å². The molecular weight excluding hydrogens is 252 g/mol. The highest BCUT2D eigenvalue weighted by molar-refractivity contribution is 5.92. The zero-order valence-electron chi connectivity index (χ0n) is 11.0. The molecule has 8 nitrogen and oxygen atoms in total. The maximum atomic E-state index is 12.2. The smallest absolute Gasteiger partial charge is 0.325 e. The van der Waals surface area contributed by atoms with Crippen molar-refractivity contribution in [3.8, 4) is 0 Å². The third-order valence-corrected chi connectivity index (χ3v) is 2.50. The topological polar surface area (TPSA) is 109 Å². The normalized spacial score (nSPS) is 10.7. The van der Waals surface area contributed by atoms with E-state index >= 15 is 0 Å². The van der Waals surface area contributed by atoms with Crippen LogP contribution in [-0.2, 0) is 11.3 Å². The summed E-state index contributed by atoms with van der Waals surface area (Å²) in [6, 6.07) is -0.0383. The lowest BCUT2D eigenvalue weighted by Gasteiger charge is -2.25. The van der Waals surface area contributed by atoms with Crippen LogP contribution in [0.1, 0.15) is 30.8 Å². The number of carbonyl (C=O) groups is 2. The minimum atomic E-state index is -1.05. The summed E-state index contributed by atoms with van der Waals surface area (Å²) < 4.78 is 1.10. The van der Waals surface area contributed by atoms with E-state index in [1.54, 1.807) is 4.90 Å². The molecule has 0 saturated heterocycles. The average molecular weight is 270 g/mol. The molecular formula is C11H18N4O4. The van der Waals surface area contributed by atoms with Crippen molar-refractivity contribution in [2.24, 2.45) is 0 Å². The summed E-state index contributed by atoms with van der Waals surface area (Å²) >= 11 is 0. The Labute approximate surface area is 110 Å². The van der Waals surface area contributed by atoms with Gasteiger partial charge in [-0.1, -0.05) is 5.21 Å². The molecule has 0 unspecified atom stereocenters. The molecule has 1 amide bonds. The number of amides is 1. The summed E-state index contributed by atoms with van der Waals surface area (Å²) in [5, 5.41) is 24.7. The van der Waals surface area contributed by atoms with E-state index in [1.807, 2.05) is 13.8 Å². The van der Waals surface area contributed by atoms with E-state index in [9.17, 15) is 9.59 Å². The first-order valence-corrected chi connectivity index (χ1v) is 5.99.